The molecule has 1 atom stereocenters. The number of carbonyl (C=O) groups excluding carboxylic acids is 1. The van der Waals surface area contributed by atoms with E-state index in [-0.39, 0.29) is 23.8 Å². The molecule has 108 valence electrons. The Bertz CT molecular complexity index is 605. The molecular weight excluding hydrogens is 264 g/mol. The summed E-state index contributed by atoms with van der Waals surface area (Å²) >= 11 is 0. The Labute approximate surface area is 124 Å². The second kappa shape index (κ2) is 7.29. The number of benzene rings is 2. The smallest absolute Gasteiger partial charge is 0.341 e. The molecule has 2 aromatic rings. The Morgan fingerprint density at radius 1 is 1.14 bits per heavy atom. The van der Waals surface area contributed by atoms with Crippen LogP contribution in [0, 0.1) is 0 Å². The van der Waals surface area contributed by atoms with E-state index in [1.807, 2.05) is 36.4 Å². The van der Waals surface area contributed by atoms with E-state index in [9.17, 15) is 9.90 Å². The van der Waals surface area contributed by atoms with E-state index in [1.165, 1.54) is 6.07 Å². The number of hydrogen-bond acceptors (Lipinski definition) is 3. The Hall–Kier alpha value is -2.55. The first-order valence-corrected chi connectivity index (χ1v) is 6.85. The fourth-order valence-corrected chi connectivity index (χ4v) is 2.12. The van der Waals surface area contributed by atoms with Crippen LogP contribution in [0.25, 0.3) is 0 Å². The number of phenols is 1. The van der Waals surface area contributed by atoms with Crippen molar-refractivity contribution in [2.45, 2.75) is 12.3 Å². The van der Waals surface area contributed by atoms with Crippen molar-refractivity contribution in [3.8, 4) is 5.75 Å². The number of phenolic OH excluding ortho intramolecular Hbond substituents is 1. The van der Waals surface area contributed by atoms with Crippen LogP contribution in [0.2, 0.25) is 0 Å². The highest BCUT2D eigenvalue weighted by Gasteiger charge is 2.13. The third kappa shape index (κ3) is 3.96. The van der Waals surface area contributed by atoms with E-state index in [0.29, 0.717) is 6.42 Å². The first kappa shape index (κ1) is 14.9. The summed E-state index contributed by atoms with van der Waals surface area (Å²) in [5.41, 5.74) is 1.33. The first-order valence-electron chi connectivity index (χ1n) is 6.85. The third-order valence-electron chi connectivity index (χ3n) is 3.30. The predicted octanol–water partition coefficient (Wildman–Crippen LogP) is 3.91. The van der Waals surface area contributed by atoms with E-state index in [4.69, 9.17) is 4.74 Å². The van der Waals surface area contributed by atoms with Crippen LogP contribution in [-0.2, 0) is 4.74 Å². The van der Waals surface area contributed by atoms with Gasteiger partial charge in [-0.15, -0.1) is 6.58 Å². The van der Waals surface area contributed by atoms with Gasteiger partial charge >= 0.3 is 5.97 Å². The van der Waals surface area contributed by atoms with Gasteiger partial charge in [0.25, 0.3) is 0 Å². The Balaban J connectivity index is 1.90. The topological polar surface area (TPSA) is 46.5 Å². The van der Waals surface area contributed by atoms with Gasteiger partial charge in [-0.05, 0) is 24.1 Å². The fraction of sp³-hybridized carbons (Fsp3) is 0.167. The standard InChI is InChI=1S/C18H18O3/c1-2-14(15-8-4-3-5-9-15)12-13-21-18(20)16-10-6-7-11-17(16)19/h2-11,14,19H,1,12-13H2. The van der Waals surface area contributed by atoms with Crippen LogP contribution in [0.3, 0.4) is 0 Å². The molecule has 0 aliphatic heterocycles. The molecule has 1 unspecified atom stereocenters. The van der Waals surface area contributed by atoms with Crippen LogP contribution < -0.4 is 0 Å². The lowest BCUT2D eigenvalue weighted by molar-refractivity contribution is 0.0493. The zero-order valence-corrected chi connectivity index (χ0v) is 11.7. The number of allylic oxidation sites excluding steroid dienone is 1. The molecule has 0 bridgehead atoms. The van der Waals surface area contributed by atoms with Gasteiger partial charge in [-0.25, -0.2) is 4.79 Å². The average Bonchev–Trinajstić information content (AvgIpc) is 2.52. The maximum absolute atomic E-state index is 11.9. The maximum atomic E-state index is 11.9. The van der Waals surface area contributed by atoms with E-state index in [2.05, 4.69) is 6.58 Å². The summed E-state index contributed by atoms with van der Waals surface area (Å²) in [6, 6.07) is 16.3. The van der Waals surface area contributed by atoms with Gasteiger partial charge in [0.2, 0.25) is 0 Å². The summed E-state index contributed by atoms with van der Waals surface area (Å²) in [5, 5.41) is 9.60. The highest BCUT2D eigenvalue weighted by Crippen LogP contribution is 2.21. The molecule has 0 amide bonds. The Morgan fingerprint density at radius 2 is 1.81 bits per heavy atom. The van der Waals surface area contributed by atoms with Gasteiger partial charge < -0.3 is 9.84 Å². The number of para-hydroxylation sites is 1. The number of ether oxygens (including phenoxy) is 1. The van der Waals surface area contributed by atoms with Crippen LogP contribution in [0.15, 0.2) is 67.3 Å². The highest BCUT2D eigenvalue weighted by molar-refractivity contribution is 5.92. The van der Waals surface area contributed by atoms with Crippen LogP contribution in [0.5, 0.6) is 5.75 Å². The van der Waals surface area contributed by atoms with Gasteiger partial charge in [-0.3, -0.25) is 0 Å². The van der Waals surface area contributed by atoms with Gasteiger partial charge in [-0.1, -0.05) is 48.5 Å². The summed E-state index contributed by atoms with van der Waals surface area (Å²) in [4.78, 5) is 11.9. The van der Waals surface area contributed by atoms with Crippen molar-refractivity contribution in [3.63, 3.8) is 0 Å². The molecule has 0 heterocycles. The lowest BCUT2D eigenvalue weighted by Crippen LogP contribution is -2.09. The number of aromatic hydroxyl groups is 1. The summed E-state index contributed by atoms with van der Waals surface area (Å²) in [7, 11) is 0. The van der Waals surface area contributed by atoms with Gasteiger partial charge in [0.05, 0.1) is 6.61 Å². The molecule has 0 aliphatic rings. The minimum atomic E-state index is -0.510. The molecule has 3 nitrogen and oxygen atoms in total. The van der Waals surface area contributed by atoms with Gasteiger partial charge in [0, 0.05) is 5.92 Å². The number of hydrogen-bond donors (Lipinski definition) is 1. The summed E-state index contributed by atoms with van der Waals surface area (Å²) in [5.74, 6) is -0.432. The monoisotopic (exact) mass is 282 g/mol. The highest BCUT2D eigenvalue weighted by atomic mass is 16.5. The number of carbonyl (C=O) groups is 1. The van der Waals surface area contributed by atoms with Gasteiger partial charge in [0.15, 0.2) is 0 Å². The van der Waals surface area contributed by atoms with E-state index in [0.717, 1.165) is 5.56 Å². The summed E-state index contributed by atoms with van der Waals surface area (Å²) in [6.07, 6.45) is 2.51. The zero-order chi connectivity index (χ0) is 15.1. The SMILES string of the molecule is C=CC(CCOC(=O)c1ccccc1O)c1ccccc1. The number of esters is 1. The molecule has 2 aromatic carbocycles. The van der Waals surface area contributed by atoms with Gasteiger partial charge in [0.1, 0.15) is 11.3 Å². The van der Waals surface area contributed by atoms with Crippen molar-refractivity contribution in [3.05, 3.63) is 78.4 Å². The molecule has 0 spiro atoms. The molecule has 21 heavy (non-hydrogen) atoms. The van der Waals surface area contributed by atoms with Crippen LogP contribution in [0.1, 0.15) is 28.3 Å². The normalized spacial score (nSPS) is 11.6. The lowest BCUT2D eigenvalue weighted by atomic mass is 9.96. The Morgan fingerprint density at radius 3 is 2.48 bits per heavy atom. The van der Waals surface area contributed by atoms with Crippen LogP contribution in [0.4, 0.5) is 0 Å². The second-order valence-electron chi connectivity index (χ2n) is 4.69. The largest absolute Gasteiger partial charge is 0.507 e. The molecule has 0 saturated heterocycles. The molecule has 3 heteroatoms. The third-order valence-corrected chi connectivity index (χ3v) is 3.30. The molecule has 0 radical (unpaired) electrons. The minimum Gasteiger partial charge on any atom is -0.507 e. The fourth-order valence-electron chi connectivity index (χ4n) is 2.12. The maximum Gasteiger partial charge on any atom is 0.341 e. The molecule has 1 N–H and O–H groups in total. The van der Waals surface area contributed by atoms with E-state index >= 15 is 0 Å². The van der Waals surface area contributed by atoms with Crippen molar-refractivity contribution in [1.82, 2.24) is 0 Å². The number of rotatable bonds is 6. The van der Waals surface area contributed by atoms with Crippen LogP contribution >= 0.6 is 0 Å². The molecule has 2 rings (SSSR count). The quantitative estimate of drug-likeness (QED) is 0.645. The van der Waals surface area contributed by atoms with E-state index < -0.39 is 5.97 Å². The zero-order valence-electron chi connectivity index (χ0n) is 11.7. The van der Waals surface area contributed by atoms with Crippen molar-refractivity contribution in [2.75, 3.05) is 6.61 Å². The minimum absolute atomic E-state index is 0.0640. The predicted molar refractivity (Wildman–Crippen MR) is 82.4 cm³/mol. The van der Waals surface area contributed by atoms with E-state index in [1.54, 1.807) is 18.2 Å². The molecule has 0 saturated carbocycles. The van der Waals surface area contributed by atoms with Gasteiger partial charge in [-0.2, -0.15) is 0 Å². The van der Waals surface area contributed by atoms with Crippen molar-refractivity contribution < 1.29 is 14.6 Å². The van der Waals surface area contributed by atoms with Crippen LogP contribution in [-0.4, -0.2) is 17.7 Å². The van der Waals surface area contributed by atoms with Crippen molar-refractivity contribution in [1.29, 1.82) is 0 Å². The lowest BCUT2D eigenvalue weighted by Gasteiger charge is -2.13. The molecule has 0 fully saturated rings. The molecule has 0 aliphatic carbocycles. The Kier molecular flexibility index (Phi) is 5.16. The first-order chi connectivity index (χ1) is 10.2. The molecular formula is C18H18O3. The second-order valence-corrected chi connectivity index (χ2v) is 4.69. The van der Waals surface area contributed by atoms with Crippen molar-refractivity contribution in [2.24, 2.45) is 0 Å². The molecule has 0 aromatic heterocycles. The average molecular weight is 282 g/mol. The summed E-state index contributed by atoms with van der Waals surface area (Å²) in [6.45, 7) is 4.10. The van der Waals surface area contributed by atoms with Crippen molar-refractivity contribution >= 4 is 5.97 Å². The summed E-state index contributed by atoms with van der Waals surface area (Å²) < 4.78 is 5.22.